The van der Waals surface area contributed by atoms with E-state index in [0.29, 0.717) is 0 Å². The molecule has 0 radical (unpaired) electrons. The number of hydrogen-bond acceptors (Lipinski definition) is 2. The van der Waals surface area contributed by atoms with Gasteiger partial charge in [0.15, 0.2) is 0 Å². The van der Waals surface area contributed by atoms with Gasteiger partial charge < -0.3 is 5.11 Å². The number of nitrogens with zero attached hydrogens (tertiary/aromatic N) is 1. The van der Waals surface area contributed by atoms with Gasteiger partial charge in [0.1, 0.15) is 0 Å². The SMILES string of the molecule is O=C(O)NC(=O)n1cccc1. The molecule has 0 spiro atoms. The lowest BCUT2D eigenvalue weighted by Crippen LogP contribution is -2.31. The lowest BCUT2D eigenvalue weighted by Gasteiger charge is -1.98. The van der Waals surface area contributed by atoms with E-state index in [4.69, 9.17) is 5.11 Å². The molecule has 0 aliphatic heterocycles. The van der Waals surface area contributed by atoms with E-state index >= 15 is 0 Å². The Hall–Kier alpha value is -1.78. The van der Waals surface area contributed by atoms with Crippen LogP contribution in [0.25, 0.3) is 0 Å². The minimum Gasteiger partial charge on any atom is -0.465 e. The second kappa shape index (κ2) is 2.87. The first-order chi connectivity index (χ1) is 5.20. The van der Waals surface area contributed by atoms with Crippen molar-refractivity contribution in [3.63, 3.8) is 0 Å². The number of rotatable bonds is 0. The van der Waals surface area contributed by atoms with Crippen molar-refractivity contribution in [3.05, 3.63) is 24.5 Å². The maximum atomic E-state index is 10.8. The highest BCUT2D eigenvalue weighted by Crippen LogP contribution is 1.87. The number of carboxylic acid groups (broad SMARTS) is 1. The van der Waals surface area contributed by atoms with Gasteiger partial charge in [0.25, 0.3) is 0 Å². The van der Waals surface area contributed by atoms with E-state index in [1.165, 1.54) is 12.4 Å². The molecule has 1 rings (SSSR count). The van der Waals surface area contributed by atoms with Gasteiger partial charge in [-0.1, -0.05) is 0 Å². The van der Waals surface area contributed by atoms with Gasteiger partial charge in [-0.05, 0) is 12.1 Å². The number of carbonyl (C=O) groups excluding carboxylic acids is 1. The zero-order valence-corrected chi connectivity index (χ0v) is 5.52. The lowest BCUT2D eigenvalue weighted by molar-refractivity contribution is 0.192. The van der Waals surface area contributed by atoms with Gasteiger partial charge in [-0.25, -0.2) is 14.9 Å². The lowest BCUT2D eigenvalue weighted by atomic mass is 10.7. The normalized spacial score (nSPS) is 9.09. The van der Waals surface area contributed by atoms with Gasteiger partial charge in [0, 0.05) is 12.4 Å². The molecule has 0 unspecified atom stereocenters. The summed E-state index contributed by atoms with van der Waals surface area (Å²) in [6, 6.07) is 2.57. The highest BCUT2D eigenvalue weighted by molar-refractivity contribution is 5.90. The number of nitrogens with one attached hydrogen (secondary N) is 1. The second-order valence-electron chi connectivity index (χ2n) is 1.83. The smallest absolute Gasteiger partial charge is 0.412 e. The molecule has 0 aliphatic carbocycles. The highest BCUT2D eigenvalue weighted by atomic mass is 16.4. The Bertz CT molecular complexity index is 265. The summed E-state index contributed by atoms with van der Waals surface area (Å²) in [6.07, 6.45) is 1.56. The monoisotopic (exact) mass is 154 g/mol. The second-order valence-corrected chi connectivity index (χ2v) is 1.83. The Balaban J connectivity index is 2.64. The van der Waals surface area contributed by atoms with Crippen LogP contribution in [0.3, 0.4) is 0 Å². The van der Waals surface area contributed by atoms with Gasteiger partial charge >= 0.3 is 12.1 Å². The summed E-state index contributed by atoms with van der Waals surface area (Å²) in [7, 11) is 0. The first-order valence-corrected chi connectivity index (χ1v) is 2.87. The molecule has 1 aromatic rings. The summed E-state index contributed by atoms with van der Waals surface area (Å²) in [4.78, 5) is 20.7. The van der Waals surface area contributed by atoms with Gasteiger partial charge in [-0.15, -0.1) is 0 Å². The van der Waals surface area contributed by atoms with Crippen LogP contribution in [-0.4, -0.2) is 21.8 Å². The standard InChI is InChI=1S/C6H6N2O3/c9-5(7-6(10)11)8-3-1-2-4-8/h1-4H,(H,7,9)(H,10,11). The third kappa shape index (κ3) is 1.82. The molecule has 0 atom stereocenters. The minimum absolute atomic E-state index is 0.678. The Morgan fingerprint density at radius 3 is 2.27 bits per heavy atom. The van der Waals surface area contributed by atoms with E-state index in [1.807, 2.05) is 0 Å². The molecule has 1 aromatic heterocycles. The summed E-state index contributed by atoms with van der Waals surface area (Å²) >= 11 is 0. The van der Waals surface area contributed by atoms with Gasteiger partial charge in [-0.2, -0.15) is 0 Å². The van der Waals surface area contributed by atoms with Crippen LogP contribution >= 0.6 is 0 Å². The average Bonchev–Trinajstić information content (AvgIpc) is 2.35. The molecular formula is C6H6N2O3. The molecule has 2 amide bonds. The van der Waals surface area contributed by atoms with Crippen molar-refractivity contribution in [1.82, 2.24) is 9.88 Å². The van der Waals surface area contributed by atoms with Crippen LogP contribution in [0.15, 0.2) is 24.5 Å². The van der Waals surface area contributed by atoms with Crippen molar-refractivity contribution in [3.8, 4) is 0 Å². The molecule has 0 fully saturated rings. The average molecular weight is 154 g/mol. The fourth-order valence-electron chi connectivity index (χ4n) is 0.626. The summed E-state index contributed by atoms with van der Waals surface area (Å²) in [5.41, 5.74) is 0. The van der Waals surface area contributed by atoms with Crippen LogP contribution in [0.4, 0.5) is 9.59 Å². The predicted molar refractivity (Wildman–Crippen MR) is 36.4 cm³/mol. The summed E-state index contributed by atoms with van der Waals surface area (Å²) in [5.74, 6) is 0. The molecule has 2 N–H and O–H groups in total. The summed E-state index contributed by atoms with van der Waals surface area (Å²) in [6.45, 7) is 0. The minimum atomic E-state index is -1.36. The van der Waals surface area contributed by atoms with Crippen LogP contribution in [-0.2, 0) is 0 Å². The maximum Gasteiger partial charge on any atom is 0.412 e. The molecular weight excluding hydrogens is 148 g/mol. The zero-order valence-electron chi connectivity index (χ0n) is 5.52. The molecule has 11 heavy (non-hydrogen) atoms. The van der Waals surface area contributed by atoms with Crippen molar-refractivity contribution < 1.29 is 14.7 Å². The zero-order chi connectivity index (χ0) is 8.27. The third-order valence-electron chi connectivity index (χ3n) is 1.05. The maximum absolute atomic E-state index is 10.8. The summed E-state index contributed by atoms with van der Waals surface area (Å²) in [5, 5.41) is 9.82. The number of carbonyl (C=O) groups is 2. The topological polar surface area (TPSA) is 71.3 Å². The van der Waals surface area contributed by atoms with Crippen molar-refractivity contribution in [1.29, 1.82) is 0 Å². The third-order valence-corrected chi connectivity index (χ3v) is 1.05. The van der Waals surface area contributed by atoms with Crippen LogP contribution in [0.1, 0.15) is 0 Å². The highest BCUT2D eigenvalue weighted by Gasteiger charge is 2.04. The quantitative estimate of drug-likeness (QED) is 0.578. The van der Waals surface area contributed by atoms with Crippen molar-refractivity contribution in [2.75, 3.05) is 0 Å². The van der Waals surface area contributed by atoms with Crippen LogP contribution in [0.5, 0.6) is 0 Å². The van der Waals surface area contributed by atoms with Crippen molar-refractivity contribution in [2.24, 2.45) is 0 Å². The van der Waals surface area contributed by atoms with Crippen LogP contribution in [0, 0.1) is 0 Å². The fourth-order valence-corrected chi connectivity index (χ4v) is 0.626. The molecule has 0 bridgehead atoms. The first kappa shape index (κ1) is 7.33. The summed E-state index contributed by atoms with van der Waals surface area (Å²) < 4.78 is 1.13. The molecule has 0 aliphatic rings. The largest absolute Gasteiger partial charge is 0.465 e. The Labute approximate surface area is 62.2 Å². The number of imide groups is 1. The Kier molecular flexibility index (Phi) is 1.91. The molecule has 0 saturated carbocycles. The number of hydrogen-bond donors (Lipinski definition) is 2. The van der Waals surface area contributed by atoms with Gasteiger partial charge in [0.2, 0.25) is 0 Å². The van der Waals surface area contributed by atoms with Gasteiger partial charge in [-0.3, -0.25) is 4.57 Å². The van der Waals surface area contributed by atoms with Gasteiger partial charge in [0.05, 0.1) is 0 Å². The van der Waals surface area contributed by atoms with E-state index in [1.54, 1.807) is 17.4 Å². The van der Waals surface area contributed by atoms with E-state index in [-0.39, 0.29) is 0 Å². The number of amides is 2. The molecule has 5 nitrogen and oxygen atoms in total. The van der Waals surface area contributed by atoms with E-state index in [9.17, 15) is 9.59 Å². The first-order valence-electron chi connectivity index (χ1n) is 2.87. The molecule has 5 heteroatoms. The van der Waals surface area contributed by atoms with Crippen molar-refractivity contribution >= 4 is 12.1 Å². The molecule has 0 aromatic carbocycles. The Morgan fingerprint density at radius 2 is 1.82 bits per heavy atom. The fraction of sp³-hybridized carbons (Fsp3) is 0. The Morgan fingerprint density at radius 1 is 1.27 bits per heavy atom. The predicted octanol–water partition coefficient (Wildman–Crippen LogP) is 0.724. The molecule has 58 valence electrons. The number of aromatic nitrogens is 1. The van der Waals surface area contributed by atoms with Crippen LogP contribution < -0.4 is 5.32 Å². The van der Waals surface area contributed by atoms with Crippen LogP contribution in [0.2, 0.25) is 0 Å². The van der Waals surface area contributed by atoms with Crippen molar-refractivity contribution in [2.45, 2.75) is 0 Å². The molecule has 0 saturated heterocycles. The molecule has 1 heterocycles. The van der Waals surface area contributed by atoms with E-state index < -0.39 is 12.1 Å². The van der Waals surface area contributed by atoms with E-state index in [0.717, 1.165) is 4.57 Å². The van der Waals surface area contributed by atoms with E-state index in [2.05, 4.69) is 0 Å².